The summed E-state index contributed by atoms with van der Waals surface area (Å²) < 4.78 is 0. The molecule has 1 aromatic heterocycles. The Morgan fingerprint density at radius 3 is 2.33 bits per heavy atom. The summed E-state index contributed by atoms with van der Waals surface area (Å²) in [6, 6.07) is 8.41. The summed E-state index contributed by atoms with van der Waals surface area (Å²) in [7, 11) is 0. The average Bonchev–Trinajstić information content (AvgIpc) is 3.27. The van der Waals surface area contributed by atoms with Crippen molar-refractivity contribution in [1.82, 2.24) is 20.6 Å². The number of rotatable bonds is 17. The van der Waals surface area contributed by atoms with Gasteiger partial charge < -0.3 is 5.11 Å². The van der Waals surface area contributed by atoms with Crippen LogP contribution in [0.25, 0.3) is 0 Å². The predicted octanol–water partition coefficient (Wildman–Crippen LogP) is 5.96. The van der Waals surface area contributed by atoms with Gasteiger partial charge in [-0.25, -0.2) is 5.10 Å². The number of nitrogens with one attached hydrogen (secondary N) is 1. The summed E-state index contributed by atoms with van der Waals surface area (Å²) in [5.41, 5.74) is 2.49. The number of tetrazole rings is 1. The van der Waals surface area contributed by atoms with Crippen LogP contribution in [0, 0.1) is 0 Å². The first-order valence-corrected chi connectivity index (χ1v) is 12.4. The van der Waals surface area contributed by atoms with E-state index in [0.717, 1.165) is 6.42 Å². The Balaban J connectivity index is 1.82. The molecule has 1 unspecified atom stereocenters. The molecule has 2 N–H and O–H groups in total. The maximum Gasteiger partial charge on any atom is 0.304 e. The highest BCUT2D eigenvalue weighted by Gasteiger charge is 2.21. The largest absolute Gasteiger partial charge is 0.481 e. The van der Waals surface area contributed by atoms with Gasteiger partial charge in [0, 0.05) is 5.75 Å². The van der Waals surface area contributed by atoms with Gasteiger partial charge in [0.05, 0.1) is 11.7 Å². The highest BCUT2D eigenvalue weighted by Crippen LogP contribution is 2.36. The molecular formula is C23H36N4O2S. The zero-order chi connectivity index (χ0) is 21.4. The van der Waals surface area contributed by atoms with Crippen molar-refractivity contribution in [2.75, 3.05) is 5.75 Å². The van der Waals surface area contributed by atoms with Crippen molar-refractivity contribution < 1.29 is 9.90 Å². The Hall–Kier alpha value is -1.89. The van der Waals surface area contributed by atoms with Crippen molar-refractivity contribution in [1.29, 1.82) is 0 Å². The van der Waals surface area contributed by atoms with E-state index in [0.29, 0.717) is 11.6 Å². The van der Waals surface area contributed by atoms with E-state index >= 15 is 0 Å². The molecule has 1 aromatic carbocycles. The normalized spacial score (nSPS) is 12.2. The van der Waals surface area contributed by atoms with Gasteiger partial charge in [0.25, 0.3) is 0 Å². The lowest BCUT2D eigenvalue weighted by molar-refractivity contribution is -0.136. The van der Waals surface area contributed by atoms with Crippen LogP contribution in [0.3, 0.4) is 0 Å². The third-order valence-electron chi connectivity index (χ3n) is 5.35. The Bertz CT molecular complexity index is 709. The topological polar surface area (TPSA) is 91.8 Å². The SMILES string of the molecule is CCCCCCCCCCCCc1ccccc1C(SCCC(=O)O)c1nnn[nH]1. The highest BCUT2D eigenvalue weighted by molar-refractivity contribution is 7.99. The van der Waals surface area contributed by atoms with E-state index < -0.39 is 5.97 Å². The van der Waals surface area contributed by atoms with Crippen LogP contribution in [0.1, 0.15) is 99.8 Å². The van der Waals surface area contributed by atoms with Gasteiger partial charge >= 0.3 is 5.97 Å². The number of aliphatic carboxylic acids is 1. The van der Waals surface area contributed by atoms with Crippen molar-refractivity contribution >= 4 is 17.7 Å². The molecule has 2 rings (SSSR count). The van der Waals surface area contributed by atoms with Gasteiger partial charge in [-0.15, -0.1) is 16.9 Å². The van der Waals surface area contributed by atoms with Gasteiger partial charge in [-0.3, -0.25) is 4.79 Å². The number of nitrogens with zero attached hydrogens (tertiary/aromatic N) is 3. The predicted molar refractivity (Wildman–Crippen MR) is 123 cm³/mol. The van der Waals surface area contributed by atoms with E-state index in [1.807, 2.05) is 6.07 Å². The number of H-pyrrole nitrogens is 1. The van der Waals surface area contributed by atoms with Gasteiger partial charge in [0.15, 0.2) is 5.82 Å². The summed E-state index contributed by atoms with van der Waals surface area (Å²) in [5, 5.41) is 23.3. The second-order valence-corrected chi connectivity index (χ2v) is 9.02. The van der Waals surface area contributed by atoms with Crippen LogP contribution in [0.15, 0.2) is 24.3 Å². The Kier molecular flexibility index (Phi) is 12.2. The van der Waals surface area contributed by atoms with Crippen LogP contribution in [0.4, 0.5) is 0 Å². The molecule has 0 aliphatic rings. The summed E-state index contributed by atoms with van der Waals surface area (Å²) in [5.74, 6) is 0.421. The molecule has 0 bridgehead atoms. The second kappa shape index (κ2) is 15.0. The molecule has 1 atom stereocenters. The standard InChI is InChI=1S/C23H36N4O2S/c1-2-3-4-5-6-7-8-9-10-11-14-19-15-12-13-16-20(19)22(23-24-26-27-25-23)30-18-17-21(28)29/h12-13,15-16,22H,2-11,14,17-18H2,1H3,(H,28,29)(H,24,25,26,27). The van der Waals surface area contributed by atoms with Crippen molar-refractivity contribution in [2.45, 2.75) is 89.2 Å². The minimum Gasteiger partial charge on any atom is -0.481 e. The molecule has 0 aliphatic carbocycles. The second-order valence-electron chi connectivity index (χ2n) is 7.81. The zero-order valence-electron chi connectivity index (χ0n) is 18.2. The molecule has 166 valence electrons. The van der Waals surface area contributed by atoms with E-state index in [2.05, 4.69) is 45.7 Å². The molecule has 2 aromatic rings. The summed E-state index contributed by atoms with van der Waals surface area (Å²) >= 11 is 1.58. The fourth-order valence-corrected chi connectivity index (χ4v) is 4.87. The van der Waals surface area contributed by atoms with E-state index in [-0.39, 0.29) is 11.7 Å². The Morgan fingerprint density at radius 1 is 1.03 bits per heavy atom. The maximum atomic E-state index is 10.9. The first-order chi connectivity index (χ1) is 14.7. The molecule has 0 aliphatic heterocycles. The number of carbonyl (C=O) groups is 1. The monoisotopic (exact) mass is 432 g/mol. The molecule has 0 radical (unpaired) electrons. The van der Waals surface area contributed by atoms with Crippen LogP contribution in [0.5, 0.6) is 0 Å². The number of carboxylic acid groups (broad SMARTS) is 1. The van der Waals surface area contributed by atoms with Gasteiger partial charge in [-0.05, 0) is 34.4 Å². The molecule has 0 fully saturated rings. The molecule has 1 heterocycles. The van der Waals surface area contributed by atoms with Crippen LogP contribution >= 0.6 is 11.8 Å². The molecule has 0 amide bonds. The lowest BCUT2D eigenvalue weighted by atomic mass is 9.98. The molecule has 30 heavy (non-hydrogen) atoms. The summed E-state index contributed by atoms with van der Waals surface area (Å²) in [6.45, 7) is 2.26. The first kappa shape index (κ1) is 24.4. The Labute approximate surface area is 184 Å². The van der Waals surface area contributed by atoms with Gasteiger partial charge in [-0.2, -0.15) is 0 Å². The number of hydrogen-bond donors (Lipinski definition) is 2. The third-order valence-corrected chi connectivity index (χ3v) is 6.60. The van der Waals surface area contributed by atoms with Crippen LogP contribution in [-0.2, 0) is 11.2 Å². The van der Waals surface area contributed by atoms with Gasteiger partial charge in [0.1, 0.15) is 0 Å². The number of carboxylic acids is 1. The van der Waals surface area contributed by atoms with E-state index in [1.165, 1.54) is 75.3 Å². The number of aryl methyl sites for hydroxylation is 1. The van der Waals surface area contributed by atoms with Crippen LogP contribution in [0.2, 0.25) is 0 Å². The Morgan fingerprint density at radius 2 is 1.70 bits per heavy atom. The number of hydrogen-bond acceptors (Lipinski definition) is 5. The van der Waals surface area contributed by atoms with Crippen molar-refractivity contribution in [3.05, 3.63) is 41.2 Å². The van der Waals surface area contributed by atoms with Gasteiger partial charge in [-0.1, -0.05) is 89.0 Å². The number of aromatic amines is 1. The highest BCUT2D eigenvalue weighted by atomic mass is 32.2. The molecule has 6 nitrogen and oxygen atoms in total. The quantitative estimate of drug-likeness (QED) is 0.300. The average molecular weight is 433 g/mol. The minimum absolute atomic E-state index is 0.0707. The van der Waals surface area contributed by atoms with E-state index in [9.17, 15) is 4.79 Å². The van der Waals surface area contributed by atoms with E-state index in [4.69, 9.17) is 5.11 Å². The minimum atomic E-state index is -0.782. The van der Waals surface area contributed by atoms with Crippen LogP contribution in [-0.4, -0.2) is 37.5 Å². The smallest absolute Gasteiger partial charge is 0.304 e. The van der Waals surface area contributed by atoms with Crippen molar-refractivity contribution in [2.24, 2.45) is 0 Å². The third kappa shape index (κ3) is 9.28. The summed E-state index contributed by atoms with van der Waals surface area (Å²) in [6.07, 6.45) is 14.4. The molecular weight excluding hydrogens is 396 g/mol. The molecule has 0 spiro atoms. The maximum absolute atomic E-state index is 10.9. The lowest BCUT2D eigenvalue weighted by Crippen LogP contribution is -2.06. The number of benzene rings is 1. The van der Waals surface area contributed by atoms with Gasteiger partial charge in [0.2, 0.25) is 0 Å². The fraction of sp³-hybridized carbons (Fsp3) is 0.652. The van der Waals surface area contributed by atoms with Crippen molar-refractivity contribution in [3.8, 4) is 0 Å². The molecule has 0 saturated heterocycles. The lowest BCUT2D eigenvalue weighted by Gasteiger charge is -2.17. The molecule has 7 heteroatoms. The summed E-state index contributed by atoms with van der Waals surface area (Å²) in [4.78, 5) is 10.9. The molecule has 0 saturated carbocycles. The van der Waals surface area contributed by atoms with Crippen molar-refractivity contribution in [3.63, 3.8) is 0 Å². The first-order valence-electron chi connectivity index (χ1n) is 11.4. The fourth-order valence-electron chi connectivity index (χ4n) is 3.68. The number of unbranched alkanes of at least 4 members (excludes halogenated alkanes) is 9. The zero-order valence-corrected chi connectivity index (χ0v) is 19.0. The van der Waals surface area contributed by atoms with Crippen LogP contribution < -0.4 is 0 Å². The number of thioether (sulfide) groups is 1. The number of aromatic nitrogens is 4. The van der Waals surface area contributed by atoms with E-state index in [1.54, 1.807) is 11.8 Å².